The number of hydrogen-bond donors (Lipinski definition) is 0. The van der Waals surface area contributed by atoms with Gasteiger partial charge in [-0.25, -0.2) is 4.79 Å². The maximum atomic E-state index is 12.5. The molecule has 0 aromatic heterocycles. The summed E-state index contributed by atoms with van der Waals surface area (Å²) >= 11 is 0. The van der Waals surface area contributed by atoms with Crippen molar-refractivity contribution in [2.75, 3.05) is 20.3 Å². The van der Waals surface area contributed by atoms with E-state index in [1.54, 1.807) is 50.2 Å². The molecule has 0 unspecified atom stereocenters. The molecule has 0 spiro atoms. The highest BCUT2D eigenvalue weighted by Crippen LogP contribution is 2.30. The van der Waals surface area contributed by atoms with Gasteiger partial charge in [0.05, 0.1) is 24.2 Å². The van der Waals surface area contributed by atoms with Crippen LogP contribution in [0.4, 0.5) is 0 Å². The average Bonchev–Trinajstić information content (AvgIpc) is 3.04. The Hall–Kier alpha value is -2.46. The molecule has 2 aromatic rings. The lowest BCUT2D eigenvalue weighted by atomic mass is 10.2. The van der Waals surface area contributed by atoms with Gasteiger partial charge in [-0.15, -0.1) is 0 Å². The van der Waals surface area contributed by atoms with Crippen LogP contribution in [0.3, 0.4) is 0 Å². The van der Waals surface area contributed by atoms with Crippen LogP contribution in [0.1, 0.15) is 29.8 Å². The standard InChI is InChI=1S/C22H26O8S/c1-15-5-11-18(12-6-15)31(24,25)28-14-20-19(29-22(2,3)30-20)13-27-17-9-7-16(8-10-17)21(23)26-4/h5-12,19-20H,13-14H2,1-4H3/t19-,20-/m0/s1. The van der Waals surface area contributed by atoms with Gasteiger partial charge in [0.25, 0.3) is 10.1 Å². The van der Waals surface area contributed by atoms with Gasteiger partial charge in [0, 0.05) is 0 Å². The average molecular weight is 451 g/mol. The summed E-state index contributed by atoms with van der Waals surface area (Å²) < 4.78 is 52.3. The molecule has 1 heterocycles. The molecular weight excluding hydrogens is 424 g/mol. The van der Waals surface area contributed by atoms with E-state index in [-0.39, 0.29) is 18.1 Å². The molecule has 31 heavy (non-hydrogen) atoms. The first-order chi connectivity index (χ1) is 14.6. The number of esters is 1. The molecule has 0 N–H and O–H groups in total. The highest BCUT2D eigenvalue weighted by Gasteiger charge is 2.42. The first-order valence-electron chi connectivity index (χ1n) is 9.72. The number of rotatable bonds is 8. The molecule has 0 amide bonds. The maximum Gasteiger partial charge on any atom is 0.337 e. The highest BCUT2D eigenvalue weighted by molar-refractivity contribution is 7.86. The molecule has 1 fully saturated rings. The van der Waals surface area contributed by atoms with Gasteiger partial charge in [0.1, 0.15) is 24.6 Å². The minimum Gasteiger partial charge on any atom is -0.491 e. The van der Waals surface area contributed by atoms with Crippen molar-refractivity contribution in [1.29, 1.82) is 0 Å². The molecule has 9 heteroatoms. The first-order valence-corrected chi connectivity index (χ1v) is 11.1. The van der Waals surface area contributed by atoms with Crippen LogP contribution in [-0.2, 0) is 28.5 Å². The van der Waals surface area contributed by atoms with Crippen molar-refractivity contribution in [3.05, 3.63) is 59.7 Å². The van der Waals surface area contributed by atoms with E-state index >= 15 is 0 Å². The van der Waals surface area contributed by atoms with E-state index in [0.29, 0.717) is 11.3 Å². The third kappa shape index (κ3) is 6.04. The summed E-state index contributed by atoms with van der Waals surface area (Å²) in [4.78, 5) is 11.6. The molecule has 1 aliphatic heterocycles. The van der Waals surface area contributed by atoms with Crippen molar-refractivity contribution in [3.63, 3.8) is 0 Å². The highest BCUT2D eigenvalue weighted by atomic mass is 32.2. The summed E-state index contributed by atoms with van der Waals surface area (Å²) in [5.74, 6) is -0.828. The zero-order valence-electron chi connectivity index (χ0n) is 17.9. The van der Waals surface area contributed by atoms with Crippen LogP contribution < -0.4 is 4.74 Å². The first kappa shape index (κ1) is 23.2. The van der Waals surface area contributed by atoms with Crippen molar-refractivity contribution in [2.45, 2.75) is 43.7 Å². The fourth-order valence-corrected chi connectivity index (χ4v) is 4.02. The molecule has 8 nitrogen and oxygen atoms in total. The van der Waals surface area contributed by atoms with Crippen molar-refractivity contribution < 1.29 is 36.3 Å². The van der Waals surface area contributed by atoms with E-state index in [1.807, 2.05) is 6.92 Å². The van der Waals surface area contributed by atoms with Gasteiger partial charge in [-0.1, -0.05) is 17.7 Å². The summed E-state index contributed by atoms with van der Waals surface area (Å²) in [6.45, 7) is 5.24. The van der Waals surface area contributed by atoms with Crippen LogP contribution in [0.5, 0.6) is 5.75 Å². The van der Waals surface area contributed by atoms with E-state index in [1.165, 1.54) is 19.2 Å². The lowest BCUT2D eigenvalue weighted by Gasteiger charge is -2.17. The zero-order valence-corrected chi connectivity index (χ0v) is 18.7. The molecule has 1 saturated heterocycles. The summed E-state index contributed by atoms with van der Waals surface area (Å²) in [5, 5.41) is 0. The van der Waals surface area contributed by atoms with Crippen molar-refractivity contribution in [1.82, 2.24) is 0 Å². The molecule has 0 radical (unpaired) electrons. The number of aryl methyl sites for hydroxylation is 1. The Balaban J connectivity index is 1.61. The summed E-state index contributed by atoms with van der Waals surface area (Å²) in [7, 11) is -2.62. The molecule has 0 aliphatic carbocycles. The second-order valence-electron chi connectivity index (χ2n) is 7.59. The van der Waals surface area contributed by atoms with Crippen molar-refractivity contribution in [3.8, 4) is 5.75 Å². The molecule has 0 bridgehead atoms. The summed E-state index contributed by atoms with van der Waals surface area (Å²) in [5.41, 5.74) is 1.36. The van der Waals surface area contributed by atoms with Crippen LogP contribution in [0.2, 0.25) is 0 Å². The second-order valence-corrected chi connectivity index (χ2v) is 9.21. The van der Waals surface area contributed by atoms with Gasteiger partial charge in [0.2, 0.25) is 0 Å². The van der Waals surface area contributed by atoms with E-state index in [0.717, 1.165) is 5.56 Å². The Morgan fingerprint density at radius 2 is 1.55 bits per heavy atom. The molecule has 168 valence electrons. The van der Waals surface area contributed by atoms with Gasteiger partial charge in [-0.05, 0) is 57.2 Å². The number of benzene rings is 2. The van der Waals surface area contributed by atoms with Crippen LogP contribution in [0.25, 0.3) is 0 Å². The van der Waals surface area contributed by atoms with E-state index in [2.05, 4.69) is 4.74 Å². The van der Waals surface area contributed by atoms with Gasteiger partial charge >= 0.3 is 5.97 Å². The Bertz CT molecular complexity index is 997. The minimum atomic E-state index is -3.93. The lowest BCUT2D eigenvalue weighted by Crippen LogP contribution is -2.33. The van der Waals surface area contributed by atoms with Crippen LogP contribution in [0.15, 0.2) is 53.4 Å². The van der Waals surface area contributed by atoms with Crippen molar-refractivity contribution >= 4 is 16.1 Å². The molecule has 3 rings (SSSR count). The van der Waals surface area contributed by atoms with Gasteiger partial charge < -0.3 is 18.9 Å². The van der Waals surface area contributed by atoms with Crippen LogP contribution >= 0.6 is 0 Å². The number of carbonyl (C=O) groups is 1. The van der Waals surface area contributed by atoms with E-state index in [4.69, 9.17) is 18.4 Å². The monoisotopic (exact) mass is 450 g/mol. The summed E-state index contributed by atoms with van der Waals surface area (Å²) in [6, 6.07) is 12.9. The SMILES string of the molecule is COC(=O)c1ccc(OC[C@@H]2OC(C)(C)O[C@H]2COS(=O)(=O)c2ccc(C)cc2)cc1. The number of hydrogen-bond acceptors (Lipinski definition) is 8. The second kappa shape index (κ2) is 9.35. The molecule has 1 aliphatic rings. The van der Waals surface area contributed by atoms with Crippen LogP contribution in [0, 0.1) is 6.92 Å². The molecule has 2 aromatic carbocycles. The topological polar surface area (TPSA) is 97.4 Å². The van der Waals surface area contributed by atoms with Crippen molar-refractivity contribution in [2.24, 2.45) is 0 Å². The Morgan fingerprint density at radius 1 is 0.968 bits per heavy atom. The Labute approximate surface area is 182 Å². The van der Waals surface area contributed by atoms with Gasteiger partial charge in [0.15, 0.2) is 5.79 Å². The smallest absolute Gasteiger partial charge is 0.337 e. The zero-order chi connectivity index (χ0) is 22.6. The third-order valence-corrected chi connectivity index (χ3v) is 5.97. The number of carbonyl (C=O) groups excluding carboxylic acids is 1. The largest absolute Gasteiger partial charge is 0.491 e. The number of ether oxygens (including phenoxy) is 4. The predicted molar refractivity (Wildman–Crippen MR) is 111 cm³/mol. The van der Waals surface area contributed by atoms with E-state index < -0.39 is 34.1 Å². The predicted octanol–water partition coefficient (Wildman–Crippen LogP) is 3.09. The Kier molecular flexibility index (Phi) is 7.00. The molecule has 0 saturated carbocycles. The third-order valence-electron chi connectivity index (χ3n) is 4.67. The molecular formula is C22H26O8S. The fourth-order valence-electron chi connectivity index (χ4n) is 3.10. The normalized spacial score (nSPS) is 20.4. The minimum absolute atomic E-state index is 0.0785. The quantitative estimate of drug-likeness (QED) is 0.447. The van der Waals surface area contributed by atoms with Gasteiger partial charge in [-0.3, -0.25) is 4.18 Å². The maximum absolute atomic E-state index is 12.5. The van der Waals surface area contributed by atoms with E-state index in [9.17, 15) is 13.2 Å². The van der Waals surface area contributed by atoms with Crippen LogP contribution in [-0.4, -0.2) is 52.7 Å². The summed E-state index contributed by atoms with van der Waals surface area (Å²) in [6.07, 6.45) is -1.20. The lowest BCUT2D eigenvalue weighted by molar-refractivity contribution is -0.150. The van der Waals surface area contributed by atoms with Gasteiger partial charge in [-0.2, -0.15) is 8.42 Å². The fraction of sp³-hybridized carbons (Fsp3) is 0.409. The Morgan fingerprint density at radius 3 is 2.13 bits per heavy atom. The number of methoxy groups -OCH3 is 1. The molecule has 2 atom stereocenters.